The molecular weight excluding hydrogens is 422 g/mol. The summed E-state index contributed by atoms with van der Waals surface area (Å²) in [6, 6.07) is 16.8. The molecule has 4 nitrogen and oxygen atoms in total. The monoisotopic (exact) mass is 450 g/mol. The van der Waals surface area contributed by atoms with Gasteiger partial charge in [-0.05, 0) is 73.7 Å². The van der Waals surface area contributed by atoms with Gasteiger partial charge in [-0.2, -0.15) is 0 Å². The number of hydrogen-bond acceptors (Lipinski definition) is 3. The van der Waals surface area contributed by atoms with Crippen LogP contribution in [-0.4, -0.2) is 41.4 Å². The fourth-order valence-electron chi connectivity index (χ4n) is 4.98. The van der Waals surface area contributed by atoms with Crippen LogP contribution in [0.25, 0.3) is 0 Å². The Labute approximate surface area is 192 Å². The molecule has 33 heavy (non-hydrogen) atoms. The number of benzene rings is 2. The van der Waals surface area contributed by atoms with E-state index in [1.54, 1.807) is 12.1 Å². The molecule has 2 heterocycles. The van der Waals surface area contributed by atoms with E-state index in [-0.39, 0.29) is 29.6 Å². The lowest BCUT2D eigenvalue weighted by molar-refractivity contribution is 0.0710. The van der Waals surface area contributed by atoms with E-state index < -0.39 is 5.82 Å². The second-order valence-corrected chi connectivity index (χ2v) is 9.32. The van der Waals surface area contributed by atoms with Crippen LogP contribution < -0.4 is 0 Å². The fourth-order valence-corrected chi connectivity index (χ4v) is 4.98. The first-order valence-corrected chi connectivity index (χ1v) is 11.6. The summed E-state index contributed by atoms with van der Waals surface area (Å²) in [5.41, 5.74) is 1.47. The fraction of sp³-hybridized carbons (Fsp3) is 0.370. The maximum Gasteiger partial charge on any atom is 0.254 e. The first-order chi connectivity index (χ1) is 16.0. The van der Waals surface area contributed by atoms with Crippen molar-refractivity contribution in [2.75, 3.05) is 19.6 Å². The molecule has 5 rings (SSSR count). The Hall–Kier alpha value is -2.99. The zero-order chi connectivity index (χ0) is 22.9. The molecule has 2 atom stereocenters. The minimum Gasteiger partial charge on any atom is -0.465 e. The Morgan fingerprint density at radius 2 is 1.82 bits per heavy atom. The zero-order valence-corrected chi connectivity index (χ0v) is 18.7. The van der Waals surface area contributed by atoms with Gasteiger partial charge in [0.15, 0.2) is 0 Å². The minimum atomic E-state index is -0.401. The number of amides is 1. The molecule has 3 aromatic rings. The van der Waals surface area contributed by atoms with Gasteiger partial charge in [0.05, 0.1) is 6.54 Å². The van der Waals surface area contributed by atoms with Gasteiger partial charge < -0.3 is 9.32 Å². The van der Waals surface area contributed by atoms with Gasteiger partial charge in [0, 0.05) is 37.2 Å². The van der Waals surface area contributed by atoms with E-state index in [2.05, 4.69) is 4.90 Å². The molecule has 1 saturated heterocycles. The molecule has 1 saturated carbocycles. The summed E-state index contributed by atoms with van der Waals surface area (Å²) in [6.07, 6.45) is 1.95. The Bertz CT molecular complexity index is 1120. The molecule has 0 bridgehead atoms. The predicted octanol–water partition coefficient (Wildman–Crippen LogP) is 5.39. The molecule has 2 aromatic carbocycles. The highest BCUT2D eigenvalue weighted by molar-refractivity contribution is 5.94. The Kier molecular flexibility index (Phi) is 6.02. The third-order valence-electron chi connectivity index (χ3n) is 6.74. The topological polar surface area (TPSA) is 36.7 Å². The summed E-state index contributed by atoms with van der Waals surface area (Å²) in [4.78, 5) is 17.6. The number of rotatable bonds is 7. The summed E-state index contributed by atoms with van der Waals surface area (Å²) in [5.74, 6) is 1.39. The van der Waals surface area contributed by atoms with E-state index in [1.165, 1.54) is 24.3 Å². The molecule has 0 radical (unpaired) electrons. The molecule has 0 N–H and O–H groups in total. The second-order valence-electron chi connectivity index (χ2n) is 9.32. The Balaban J connectivity index is 1.38. The van der Waals surface area contributed by atoms with Crippen molar-refractivity contribution in [1.82, 2.24) is 9.80 Å². The highest BCUT2D eigenvalue weighted by Gasteiger charge is 2.40. The Morgan fingerprint density at radius 1 is 1.03 bits per heavy atom. The third kappa shape index (κ3) is 5.01. The molecule has 1 amide bonds. The van der Waals surface area contributed by atoms with E-state index in [0.717, 1.165) is 43.0 Å². The number of aryl methyl sites for hydroxylation is 1. The third-order valence-corrected chi connectivity index (χ3v) is 6.74. The molecule has 1 aliphatic heterocycles. The number of nitrogens with zero attached hydrogens (tertiary/aromatic N) is 2. The molecule has 172 valence electrons. The van der Waals surface area contributed by atoms with E-state index >= 15 is 0 Å². The second kappa shape index (κ2) is 9.10. The number of carbonyl (C=O) groups excluding carboxylic acids is 1. The lowest BCUT2D eigenvalue weighted by Crippen LogP contribution is -2.39. The van der Waals surface area contributed by atoms with Crippen molar-refractivity contribution >= 4 is 5.91 Å². The van der Waals surface area contributed by atoms with Crippen LogP contribution in [0.4, 0.5) is 8.78 Å². The van der Waals surface area contributed by atoms with Crippen molar-refractivity contribution in [1.29, 1.82) is 0 Å². The van der Waals surface area contributed by atoms with Crippen molar-refractivity contribution in [3.63, 3.8) is 0 Å². The van der Waals surface area contributed by atoms with Crippen LogP contribution in [-0.2, 0) is 6.54 Å². The summed E-state index contributed by atoms with van der Waals surface area (Å²) < 4.78 is 33.1. The molecule has 0 unspecified atom stereocenters. The minimum absolute atomic E-state index is 0.116. The summed E-state index contributed by atoms with van der Waals surface area (Å²) in [5, 5.41) is 0. The van der Waals surface area contributed by atoms with Gasteiger partial charge in [0.1, 0.15) is 23.2 Å². The number of carbonyl (C=O) groups is 1. The van der Waals surface area contributed by atoms with Gasteiger partial charge in [-0.3, -0.25) is 9.69 Å². The van der Waals surface area contributed by atoms with E-state index in [4.69, 9.17) is 4.42 Å². The molecule has 6 heteroatoms. The number of likely N-dealkylation sites (tertiary alicyclic amines) is 1. The molecule has 1 aromatic heterocycles. The van der Waals surface area contributed by atoms with Crippen LogP contribution in [0.2, 0.25) is 0 Å². The zero-order valence-electron chi connectivity index (χ0n) is 18.7. The van der Waals surface area contributed by atoms with E-state index in [0.29, 0.717) is 18.7 Å². The maximum absolute atomic E-state index is 13.8. The molecule has 2 aliphatic rings. The van der Waals surface area contributed by atoms with Crippen LogP contribution in [0, 0.1) is 24.5 Å². The first kappa shape index (κ1) is 21.8. The van der Waals surface area contributed by atoms with Gasteiger partial charge >= 0.3 is 0 Å². The summed E-state index contributed by atoms with van der Waals surface area (Å²) >= 11 is 0. The summed E-state index contributed by atoms with van der Waals surface area (Å²) in [6.45, 7) is 4.84. The van der Waals surface area contributed by atoms with E-state index in [9.17, 15) is 13.6 Å². The summed E-state index contributed by atoms with van der Waals surface area (Å²) in [7, 11) is 0. The van der Waals surface area contributed by atoms with Crippen LogP contribution in [0.15, 0.2) is 65.1 Å². The standard InChI is InChI=1S/C27H28F2N2O2/c1-18-5-12-25(33-18)16-30-14-21(26(17-30)19-6-8-22(28)9-7-19)15-31(24-10-11-24)27(32)20-3-2-4-23(29)13-20/h2-9,12-13,21,24,26H,10-11,14-17H2,1H3/t21-,26-/m0/s1. The maximum atomic E-state index is 13.8. The van der Waals surface area contributed by atoms with E-state index in [1.807, 2.05) is 36.1 Å². The largest absolute Gasteiger partial charge is 0.465 e. The average molecular weight is 451 g/mol. The SMILES string of the molecule is Cc1ccc(CN2C[C@@H](CN(C(=O)c3cccc(F)c3)C3CC3)[C@H](c3ccc(F)cc3)C2)o1. The molecular formula is C27H28F2N2O2. The van der Waals surface area contributed by atoms with Crippen molar-refractivity contribution in [3.8, 4) is 0 Å². The number of halogens is 2. The van der Waals surface area contributed by atoms with Crippen LogP contribution in [0.1, 0.15) is 46.2 Å². The van der Waals surface area contributed by atoms with Crippen molar-refractivity contribution < 1.29 is 18.0 Å². The van der Waals surface area contributed by atoms with Gasteiger partial charge in [-0.1, -0.05) is 18.2 Å². The van der Waals surface area contributed by atoms with Crippen molar-refractivity contribution in [2.45, 2.75) is 38.3 Å². The Morgan fingerprint density at radius 3 is 2.48 bits per heavy atom. The van der Waals surface area contributed by atoms with Crippen molar-refractivity contribution in [2.24, 2.45) is 5.92 Å². The van der Waals surface area contributed by atoms with Crippen LogP contribution in [0.5, 0.6) is 0 Å². The predicted molar refractivity (Wildman–Crippen MR) is 122 cm³/mol. The highest BCUT2D eigenvalue weighted by Crippen LogP contribution is 2.37. The van der Waals surface area contributed by atoms with Gasteiger partial charge in [0.2, 0.25) is 0 Å². The lowest BCUT2D eigenvalue weighted by atomic mass is 9.88. The average Bonchev–Trinajstić information content (AvgIpc) is 3.45. The molecule has 1 aliphatic carbocycles. The smallest absolute Gasteiger partial charge is 0.254 e. The molecule has 2 fully saturated rings. The normalized spacial score (nSPS) is 20.8. The first-order valence-electron chi connectivity index (χ1n) is 11.6. The highest BCUT2D eigenvalue weighted by atomic mass is 19.1. The van der Waals surface area contributed by atoms with Gasteiger partial charge in [-0.15, -0.1) is 0 Å². The quantitative estimate of drug-likeness (QED) is 0.485. The van der Waals surface area contributed by atoms with Gasteiger partial charge in [0.25, 0.3) is 5.91 Å². The number of furan rings is 1. The number of hydrogen-bond donors (Lipinski definition) is 0. The van der Waals surface area contributed by atoms with Crippen molar-refractivity contribution in [3.05, 3.63) is 94.9 Å². The lowest BCUT2D eigenvalue weighted by Gasteiger charge is -2.29. The van der Waals surface area contributed by atoms with Gasteiger partial charge in [-0.25, -0.2) is 8.78 Å². The van der Waals surface area contributed by atoms with Crippen LogP contribution >= 0.6 is 0 Å². The molecule has 0 spiro atoms. The van der Waals surface area contributed by atoms with Crippen LogP contribution in [0.3, 0.4) is 0 Å².